The number of carbonyl (C=O) groups excluding carboxylic acids is 2. The molecule has 1 atom stereocenters. The van der Waals surface area contributed by atoms with Crippen LogP contribution in [0.4, 0.5) is 0 Å². The monoisotopic (exact) mass is 422 g/mol. The Hall–Kier alpha value is -2.43. The van der Waals surface area contributed by atoms with Crippen molar-refractivity contribution in [3.63, 3.8) is 0 Å². The number of para-hydroxylation sites is 1. The molecule has 1 aliphatic heterocycles. The van der Waals surface area contributed by atoms with E-state index in [4.69, 9.17) is 4.74 Å². The number of fused-ring (bicyclic) bond motifs is 1. The van der Waals surface area contributed by atoms with Crippen molar-refractivity contribution in [2.24, 2.45) is 0 Å². The second-order valence-corrected chi connectivity index (χ2v) is 9.02. The van der Waals surface area contributed by atoms with Crippen LogP contribution in [0.15, 0.2) is 30.5 Å². The largest absolute Gasteiger partial charge is 0.379 e. The summed E-state index contributed by atoms with van der Waals surface area (Å²) >= 11 is 0. The summed E-state index contributed by atoms with van der Waals surface area (Å²) in [7, 11) is -3.46. The number of hydrogen-bond donors (Lipinski definition) is 3. The zero-order chi connectivity index (χ0) is 20.9. The molecule has 1 aromatic carbocycles. The third kappa shape index (κ3) is 5.55. The highest BCUT2D eigenvalue weighted by molar-refractivity contribution is 7.89. The van der Waals surface area contributed by atoms with Crippen LogP contribution in [0, 0.1) is 0 Å². The molecule has 0 aliphatic carbocycles. The molecule has 1 unspecified atom stereocenters. The number of carbonyl (C=O) groups is 2. The van der Waals surface area contributed by atoms with Crippen molar-refractivity contribution < 1.29 is 22.7 Å². The molecular formula is C19H26N4O5S. The third-order valence-electron chi connectivity index (χ3n) is 4.82. The summed E-state index contributed by atoms with van der Waals surface area (Å²) in [6.07, 6.45) is 2.11. The van der Waals surface area contributed by atoms with Gasteiger partial charge >= 0.3 is 0 Å². The van der Waals surface area contributed by atoms with Gasteiger partial charge in [-0.25, -0.2) is 8.42 Å². The highest BCUT2D eigenvalue weighted by atomic mass is 32.2. The van der Waals surface area contributed by atoms with E-state index in [1.807, 2.05) is 30.5 Å². The number of benzene rings is 1. The Morgan fingerprint density at radius 1 is 1.24 bits per heavy atom. The van der Waals surface area contributed by atoms with E-state index in [2.05, 4.69) is 15.6 Å². The molecule has 1 aliphatic rings. The highest BCUT2D eigenvalue weighted by Gasteiger charge is 2.25. The first-order valence-corrected chi connectivity index (χ1v) is 11.1. The number of sulfonamides is 1. The molecule has 2 heterocycles. The van der Waals surface area contributed by atoms with E-state index in [0.717, 1.165) is 16.5 Å². The average Bonchev–Trinajstić information content (AvgIpc) is 3.10. The summed E-state index contributed by atoms with van der Waals surface area (Å²) in [4.78, 5) is 27.4. The molecule has 158 valence electrons. The van der Waals surface area contributed by atoms with Gasteiger partial charge in [0.25, 0.3) is 0 Å². The lowest BCUT2D eigenvalue weighted by atomic mass is 10.0. The van der Waals surface area contributed by atoms with Crippen LogP contribution in [-0.4, -0.2) is 74.2 Å². The molecule has 10 heteroatoms. The normalized spacial score (nSPS) is 16.4. The van der Waals surface area contributed by atoms with Gasteiger partial charge in [-0.1, -0.05) is 18.2 Å². The number of aromatic nitrogens is 1. The lowest BCUT2D eigenvalue weighted by Crippen LogP contribution is -2.49. The van der Waals surface area contributed by atoms with Gasteiger partial charge in [0.15, 0.2) is 0 Å². The van der Waals surface area contributed by atoms with Gasteiger partial charge in [-0.2, -0.15) is 4.31 Å². The van der Waals surface area contributed by atoms with Gasteiger partial charge in [0, 0.05) is 50.1 Å². The van der Waals surface area contributed by atoms with Crippen molar-refractivity contribution >= 4 is 32.7 Å². The van der Waals surface area contributed by atoms with Crippen LogP contribution in [0.3, 0.4) is 0 Å². The fourth-order valence-electron chi connectivity index (χ4n) is 3.36. The van der Waals surface area contributed by atoms with Gasteiger partial charge in [0.2, 0.25) is 21.8 Å². The molecule has 0 bridgehead atoms. The molecule has 3 rings (SSSR count). The molecule has 1 saturated heterocycles. The molecule has 1 aromatic heterocycles. The number of aromatic amines is 1. The average molecular weight is 423 g/mol. The maximum atomic E-state index is 12.6. The Morgan fingerprint density at radius 3 is 2.69 bits per heavy atom. The Balaban J connectivity index is 1.61. The maximum Gasteiger partial charge on any atom is 0.242 e. The van der Waals surface area contributed by atoms with E-state index < -0.39 is 22.0 Å². The molecule has 2 amide bonds. The van der Waals surface area contributed by atoms with E-state index >= 15 is 0 Å². The number of nitrogens with one attached hydrogen (secondary N) is 3. The molecule has 29 heavy (non-hydrogen) atoms. The Kier molecular flexibility index (Phi) is 6.88. The second-order valence-electron chi connectivity index (χ2n) is 6.94. The predicted octanol–water partition coefficient (Wildman–Crippen LogP) is -0.00670. The van der Waals surface area contributed by atoms with Crippen molar-refractivity contribution in [3.05, 3.63) is 36.0 Å². The minimum Gasteiger partial charge on any atom is -0.379 e. The van der Waals surface area contributed by atoms with Crippen LogP contribution in [0.5, 0.6) is 0 Å². The SMILES string of the molecule is CC(=O)NC(Cc1c[nH]c2ccccc12)C(=O)NCCS(=O)(=O)N1CCOCC1. The summed E-state index contributed by atoms with van der Waals surface area (Å²) in [6, 6.07) is 6.90. The summed E-state index contributed by atoms with van der Waals surface area (Å²) in [6.45, 7) is 2.72. The third-order valence-corrected chi connectivity index (χ3v) is 6.69. The number of morpholine rings is 1. The first-order chi connectivity index (χ1) is 13.9. The number of rotatable bonds is 8. The van der Waals surface area contributed by atoms with E-state index in [1.54, 1.807) is 0 Å². The van der Waals surface area contributed by atoms with Gasteiger partial charge in [-0.3, -0.25) is 9.59 Å². The Morgan fingerprint density at radius 2 is 1.97 bits per heavy atom. The summed E-state index contributed by atoms with van der Waals surface area (Å²) in [5, 5.41) is 6.27. The van der Waals surface area contributed by atoms with Gasteiger partial charge < -0.3 is 20.4 Å². The van der Waals surface area contributed by atoms with Gasteiger partial charge in [-0.05, 0) is 11.6 Å². The predicted molar refractivity (Wildman–Crippen MR) is 109 cm³/mol. The van der Waals surface area contributed by atoms with Crippen molar-refractivity contribution in [1.82, 2.24) is 19.9 Å². The van der Waals surface area contributed by atoms with Crippen LogP contribution >= 0.6 is 0 Å². The van der Waals surface area contributed by atoms with E-state index in [-0.39, 0.29) is 18.2 Å². The van der Waals surface area contributed by atoms with Gasteiger partial charge in [0.1, 0.15) is 6.04 Å². The quantitative estimate of drug-likeness (QED) is 0.553. The number of amides is 2. The summed E-state index contributed by atoms with van der Waals surface area (Å²) < 4.78 is 31.3. The number of nitrogens with zero attached hydrogens (tertiary/aromatic N) is 1. The van der Waals surface area contributed by atoms with Crippen LogP contribution in [-0.2, 0) is 30.8 Å². The van der Waals surface area contributed by atoms with Crippen LogP contribution in [0.1, 0.15) is 12.5 Å². The molecule has 0 radical (unpaired) electrons. The maximum absolute atomic E-state index is 12.6. The van der Waals surface area contributed by atoms with Crippen LogP contribution in [0.25, 0.3) is 10.9 Å². The summed E-state index contributed by atoms with van der Waals surface area (Å²) in [5.41, 5.74) is 1.84. The molecule has 1 fully saturated rings. The fraction of sp³-hybridized carbons (Fsp3) is 0.474. The van der Waals surface area contributed by atoms with Crippen LogP contribution < -0.4 is 10.6 Å². The standard InChI is InChI=1S/C19H26N4O5S/c1-14(24)22-18(12-15-13-21-17-5-3-2-4-16(15)17)19(25)20-6-11-29(26,27)23-7-9-28-10-8-23/h2-5,13,18,21H,6-12H2,1H3,(H,20,25)(H,22,24). The first-order valence-electron chi connectivity index (χ1n) is 9.52. The van der Waals surface area contributed by atoms with Crippen molar-refractivity contribution in [2.45, 2.75) is 19.4 Å². The fourth-order valence-corrected chi connectivity index (χ4v) is 4.68. The zero-order valence-corrected chi connectivity index (χ0v) is 17.1. The molecular weight excluding hydrogens is 396 g/mol. The summed E-state index contributed by atoms with van der Waals surface area (Å²) in [5.74, 6) is -0.938. The van der Waals surface area contributed by atoms with Crippen molar-refractivity contribution in [3.8, 4) is 0 Å². The van der Waals surface area contributed by atoms with Gasteiger partial charge in [-0.15, -0.1) is 0 Å². The molecule has 2 aromatic rings. The molecule has 0 spiro atoms. The molecule has 0 saturated carbocycles. The second kappa shape index (κ2) is 9.38. The van der Waals surface area contributed by atoms with Crippen LogP contribution in [0.2, 0.25) is 0 Å². The Labute approximate surface area is 169 Å². The smallest absolute Gasteiger partial charge is 0.242 e. The van der Waals surface area contributed by atoms with Crippen molar-refractivity contribution in [1.29, 1.82) is 0 Å². The molecule has 9 nitrogen and oxygen atoms in total. The van der Waals surface area contributed by atoms with Crippen molar-refractivity contribution in [2.75, 3.05) is 38.6 Å². The molecule has 3 N–H and O–H groups in total. The minimum atomic E-state index is -3.46. The topological polar surface area (TPSA) is 121 Å². The first kappa shape index (κ1) is 21.3. The van der Waals surface area contributed by atoms with E-state index in [9.17, 15) is 18.0 Å². The van der Waals surface area contributed by atoms with E-state index in [1.165, 1.54) is 11.2 Å². The van der Waals surface area contributed by atoms with E-state index in [0.29, 0.717) is 32.7 Å². The van der Waals surface area contributed by atoms with Gasteiger partial charge in [0.05, 0.1) is 19.0 Å². The lowest BCUT2D eigenvalue weighted by Gasteiger charge is -2.26. The number of ether oxygens (including phenoxy) is 1. The lowest BCUT2D eigenvalue weighted by molar-refractivity contribution is -0.127. The highest BCUT2D eigenvalue weighted by Crippen LogP contribution is 2.19. The zero-order valence-electron chi connectivity index (χ0n) is 16.3. The number of H-pyrrole nitrogens is 1. The number of hydrogen-bond acceptors (Lipinski definition) is 5. The minimum absolute atomic E-state index is 0.0253. The Bertz CT molecular complexity index is 966.